The number of nitrogens with zero attached hydrogens (tertiary/aromatic N) is 1. The molecule has 1 aromatic heterocycles. The zero-order valence-corrected chi connectivity index (χ0v) is 14.3. The van der Waals surface area contributed by atoms with Gasteiger partial charge < -0.3 is 15.0 Å². The van der Waals surface area contributed by atoms with Crippen molar-refractivity contribution >= 4 is 41.4 Å². The number of morpholine rings is 1. The van der Waals surface area contributed by atoms with Gasteiger partial charge in [0.25, 0.3) is 0 Å². The molecule has 2 aliphatic rings. The summed E-state index contributed by atoms with van der Waals surface area (Å²) in [6.07, 6.45) is 0.663. The molecule has 2 saturated heterocycles. The van der Waals surface area contributed by atoms with Gasteiger partial charge in [-0.15, -0.1) is 12.4 Å². The highest BCUT2D eigenvalue weighted by Gasteiger charge is 2.27. The molecule has 0 saturated carbocycles. The Morgan fingerprint density at radius 1 is 1.52 bits per heavy atom. The first-order valence-corrected chi connectivity index (χ1v) is 9.15. The molecule has 2 atom stereocenters. The minimum absolute atomic E-state index is 0. The number of amides is 1. The number of carbonyl (C=O) groups is 1. The summed E-state index contributed by atoms with van der Waals surface area (Å²) in [5, 5.41) is 7.60. The first kappa shape index (κ1) is 17.1. The molecule has 4 nitrogen and oxygen atoms in total. The summed E-state index contributed by atoms with van der Waals surface area (Å²) in [5.41, 5.74) is 1.19. The van der Waals surface area contributed by atoms with E-state index in [1.807, 2.05) is 16.7 Å². The van der Waals surface area contributed by atoms with Gasteiger partial charge >= 0.3 is 0 Å². The quantitative estimate of drug-likeness (QED) is 0.909. The number of ether oxygens (including phenoxy) is 1. The van der Waals surface area contributed by atoms with Crippen LogP contribution in [0.2, 0.25) is 0 Å². The lowest BCUT2D eigenvalue weighted by atomic mass is 10.1. The lowest BCUT2D eigenvalue weighted by Crippen LogP contribution is -2.46. The normalized spacial score (nSPS) is 26.2. The number of thiophene rings is 1. The van der Waals surface area contributed by atoms with Gasteiger partial charge in [0, 0.05) is 37.1 Å². The van der Waals surface area contributed by atoms with E-state index in [4.69, 9.17) is 4.74 Å². The molecule has 2 aliphatic heterocycles. The second-order valence-electron chi connectivity index (χ2n) is 5.19. The van der Waals surface area contributed by atoms with E-state index in [9.17, 15) is 4.79 Å². The van der Waals surface area contributed by atoms with E-state index in [1.54, 1.807) is 11.3 Å². The Kier molecular flexibility index (Phi) is 6.82. The molecular formula is C14H21ClN2O2S2. The SMILES string of the molecule is Cl.O=C(CC1CSCCN1)N1CCOC(c2ccsc2)C1. The summed E-state index contributed by atoms with van der Waals surface area (Å²) in [5.74, 6) is 2.46. The molecule has 0 bridgehead atoms. The van der Waals surface area contributed by atoms with Crippen molar-refractivity contribution in [2.75, 3.05) is 37.7 Å². The number of hydrogen-bond donors (Lipinski definition) is 1. The van der Waals surface area contributed by atoms with Gasteiger partial charge in [0.05, 0.1) is 13.2 Å². The van der Waals surface area contributed by atoms with Gasteiger partial charge in [0.2, 0.25) is 5.91 Å². The van der Waals surface area contributed by atoms with E-state index >= 15 is 0 Å². The highest BCUT2D eigenvalue weighted by Crippen LogP contribution is 2.24. The maximum absolute atomic E-state index is 12.4. The first-order valence-electron chi connectivity index (χ1n) is 7.05. The largest absolute Gasteiger partial charge is 0.370 e. The molecule has 1 aromatic rings. The zero-order chi connectivity index (χ0) is 13.8. The van der Waals surface area contributed by atoms with Crippen molar-refractivity contribution in [3.05, 3.63) is 22.4 Å². The van der Waals surface area contributed by atoms with Crippen LogP contribution in [0.15, 0.2) is 16.8 Å². The van der Waals surface area contributed by atoms with Gasteiger partial charge in [-0.1, -0.05) is 0 Å². The van der Waals surface area contributed by atoms with Crippen molar-refractivity contribution in [2.45, 2.75) is 18.6 Å². The Morgan fingerprint density at radius 2 is 2.43 bits per heavy atom. The smallest absolute Gasteiger partial charge is 0.224 e. The van der Waals surface area contributed by atoms with Crippen LogP contribution in [-0.2, 0) is 9.53 Å². The van der Waals surface area contributed by atoms with Gasteiger partial charge in [-0.2, -0.15) is 23.1 Å². The maximum atomic E-state index is 12.4. The molecule has 2 unspecified atom stereocenters. The topological polar surface area (TPSA) is 41.6 Å². The van der Waals surface area contributed by atoms with E-state index in [1.165, 1.54) is 5.56 Å². The zero-order valence-electron chi connectivity index (χ0n) is 11.8. The molecule has 1 amide bonds. The molecule has 0 aromatic carbocycles. The number of carbonyl (C=O) groups excluding carboxylic acids is 1. The van der Waals surface area contributed by atoms with Crippen LogP contribution in [0.5, 0.6) is 0 Å². The van der Waals surface area contributed by atoms with E-state index in [2.05, 4.69) is 22.1 Å². The second-order valence-corrected chi connectivity index (χ2v) is 7.12. The van der Waals surface area contributed by atoms with Crippen LogP contribution < -0.4 is 5.32 Å². The molecule has 7 heteroatoms. The minimum atomic E-state index is 0. The summed E-state index contributed by atoms with van der Waals surface area (Å²) >= 11 is 3.61. The average Bonchev–Trinajstić information content (AvgIpc) is 3.03. The lowest BCUT2D eigenvalue weighted by Gasteiger charge is -2.34. The maximum Gasteiger partial charge on any atom is 0.224 e. The molecule has 118 valence electrons. The van der Waals surface area contributed by atoms with Gasteiger partial charge in [-0.3, -0.25) is 4.79 Å². The van der Waals surface area contributed by atoms with Gasteiger partial charge in [-0.25, -0.2) is 0 Å². The molecule has 0 spiro atoms. The first-order chi connectivity index (χ1) is 9.83. The van der Waals surface area contributed by atoms with Crippen LogP contribution in [0.1, 0.15) is 18.1 Å². The molecule has 0 aliphatic carbocycles. The van der Waals surface area contributed by atoms with Crippen LogP contribution in [0.4, 0.5) is 0 Å². The Morgan fingerprint density at radius 3 is 3.14 bits per heavy atom. The van der Waals surface area contributed by atoms with Crippen LogP contribution in [0.25, 0.3) is 0 Å². The number of thioether (sulfide) groups is 1. The number of halogens is 1. The third-order valence-electron chi connectivity index (χ3n) is 3.75. The highest BCUT2D eigenvalue weighted by atomic mass is 35.5. The predicted molar refractivity (Wildman–Crippen MR) is 90.6 cm³/mol. The number of rotatable bonds is 3. The Balaban J connectivity index is 0.00000161. The Labute approximate surface area is 140 Å². The van der Waals surface area contributed by atoms with Crippen molar-refractivity contribution in [1.29, 1.82) is 0 Å². The van der Waals surface area contributed by atoms with Crippen LogP contribution >= 0.6 is 35.5 Å². The van der Waals surface area contributed by atoms with Crippen molar-refractivity contribution in [2.24, 2.45) is 0 Å². The lowest BCUT2D eigenvalue weighted by molar-refractivity contribution is -0.139. The third kappa shape index (κ3) is 4.60. The molecule has 2 fully saturated rings. The average molecular weight is 349 g/mol. The summed E-state index contributed by atoms with van der Waals surface area (Å²) in [6, 6.07) is 2.42. The third-order valence-corrected chi connectivity index (χ3v) is 5.59. The number of nitrogens with one attached hydrogen (secondary N) is 1. The Bertz CT molecular complexity index is 438. The van der Waals surface area contributed by atoms with Crippen molar-refractivity contribution in [3.8, 4) is 0 Å². The minimum Gasteiger partial charge on any atom is -0.370 e. The standard InChI is InChI=1S/C14H20N2O2S2.ClH/c17-14(7-12-10-20-6-2-15-12)16-3-4-18-13(8-16)11-1-5-19-9-11;/h1,5,9,12-13,15H,2-4,6-8,10H2;1H. The Hall–Kier alpha value is -0.270. The van der Waals surface area contributed by atoms with Gasteiger partial charge in [0.1, 0.15) is 6.10 Å². The highest BCUT2D eigenvalue weighted by molar-refractivity contribution is 7.99. The summed E-state index contributed by atoms with van der Waals surface area (Å²) in [7, 11) is 0. The number of hydrogen-bond acceptors (Lipinski definition) is 5. The molecule has 0 radical (unpaired) electrons. The van der Waals surface area contributed by atoms with Crippen molar-refractivity contribution < 1.29 is 9.53 Å². The van der Waals surface area contributed by atoms with Crippen LogP contribution in [0.3, 0.4) is 0 Å². The molecule has 21 heavy (non-hydrogen) atoms. The van der Waals surface area contributed by atoms with Gasteiger partial charge in [0.15, 0.2) is 0 Å². The van der Waals surface area contributed by atoms with Crippen LogP contribution in [-0.4, -0.2) is 54.6 Å². The summed E-state index contributed by atoms with van der Waals surface area (Å²) in [4.78, 5) is 14.4. The van der Waals surface area contributed by atoms with E-state index in [0.717, 1.165) is 24.6 Å². The second kappa shape index (κ2) is 8.39. The van der Waals surface area contributed by atoms with Crippen molar-refractivity contribution in [1.82, 2.24) is 10.2 Å². The molecule has 3 rings (SSSR count). The summed E-state index contributed by atoms with van der Waals surface area (Å²) in [6.45, 7) is 3.07. The van der Waals surface area contributed by atoms with Crippen LogP contribution in [0, 0.1) is 0 Å². The van der Waals surface area contributed by atoms with E-state index < -0.39 is 0 Å². The molecular weight excluding hydrogens is 328 g/mol. The predicted octanol–water partition coefficient (Wildman–Crippen LogP) is 2.16. The fourth-order valence-electron chi connectivity index (χ4n) is 2.63. The summed E-state index contributed by atoms with van der Waals surface area (Å²) < 4.78 is 5.79. The van der Waals surface area contributed by atoms with E-state index in [-0.39, 0.29) is 24.4 Å². The monoisotopic (exact) mass is 348 g/mol. The van der Waals surface area contributed by atoms with E-state index in [0.29, 0.717) is 25.6 Å². The fraction of sp³-hybridized carbons (Fsp3) is 0.643. The molecule has 3 heterocycles. The van der Waals surface area contributed by atoms with Crippen molar-refractivity contribution in [3.63, 3.8) is 0 Å². The molecule has 1 N–H and O–H groups in total. The fourth-order valence-corrected chi connectivity index (χ4v) is 4.28. The van der Waals surface area contributed by atoms with Gasteiger partial charge in [-0.05, 0) is 22.4 Å².